The van der Waals surface area contributed by atoms with Crippen molar-refractivity contribution in [1.29, 1.82) is 0 Å². The summed E-state index contributed by atoms with van der Waals surface area (Å²) in [6, 6.07) is -0.942. The minimum absolute atomic E-state index is 0.266. The van der Waals surface area contributed by atoms with Crippen LogP contribution in [0.3, 0.4) is 0 Å². The van der Waals surface area contributed by atoms with E-state index in [0.717, 1.165) is 51.4 Å². The highest BCUT2D eigenvalue weighted by molar-refractivity contribution is 7.80. The molecule has 1 aliphatic heterocycles. The number of aliphatic hydroxyl groups excluding tert-OH is 4. The van der Waals surface area contributed by atoms with Crippen LogP contribution < -0.4 is 5.32 Å². The Morgan fingerprint density at radius 1 is 0.650 bits per heavy atom. The lowest BCUT2D eigenvalue weighted by Gasteiger charge is -2.41. The van der Waals surface area contributed by atoms with Gasteiger partial charge in [0.15, 0.2) is 6.29 Å². The molecule has 0 spiro atoms. The first-order valence-corrected chi connectivity index (χ1v) is 25.6. The molecule has 1 heterocycles. The molecule has 0 aromatic carbocycles. The van der Waals surface area contributed by atoms with E-state index in [1.165, 1.54) is 135 Å². The summed E-state index contributed by atoms with van der Waals surface area (Å²) < 4.78 is 47.5. The third-order valence-electron chi connectivity index (χ3n) is 11.5. The highest BCUT2D eigenvalue weighted by Gasteiger charge is 2.48. The van der Waals surface area contributed by atoms with Gasteiger partial charge in [0, 0.05) is 6.42 Å². The quantitative estimate of drug-likeness (QED) is 0.0195. The lowest BCUT2D eigenvalue weighted by Crippen LogP contribution is -2.61. The molecule has 1 aliphatic rings. The number of aliphatic hydroxyl groups is 4. The SMILES string of the molecule is CCCCCCCCC/C=C/C(O)C(COC1OC(CO)C(O)C(OS(=O)(=O)O)C1O)NC(=O)CCCCCCCCCC/C=C\CCCCCCCCCCCCCC. The number of unbranched alkanes of at least 4 members (excludes halogenated alkanes) is 27. The summed E-state index contributed by atoms with van der Waals surface area (Å²) in [5.41, 5.74) is 0. The fourth-order valence-electron chi connectivity index (χ4n) is 7.68. The number of hydrogen-bond donors (Lipinski definition) is 6. The molecule has 1 saturated heterocycles. The van der Waals surface area contributed by atoms with Gasteiger partial charge >= 0.3 is 10.4 Å². The van der Waals surface area contributed by atoms with E-state index in [2.05, 4.69) is 35.5 Å². The zero-order chi connectivity index (χ0) is 44.1. The van der Waals surface area contributed by atoms with Crippen molar-refractivity contribution in [3.05, 3.63) is 24.3 Å². The van der Waals surface area contributed by atoms with Crippen molar-refractivity contribution in [2.45, 2.75) is 256 Å². The second-order valence-corrected chi connectivity index (χ2v) is 18.1. The number of amides is 1. The first kappa shape index (κ1) is 56.6. The number of rotatable bonds is 41. The van der Waals surface area contributed by atoms with Crippen molar-refractivity contribution in [2.75, 3.05) is 13.2 Å². The second kappa shape index (κ2) is 38.1. The monoisotopic (exact) mass is 876 g/mol. The number of hydrogen-bond acceptors (Lipinski definition) is 10. The molecule has 12 nitrogen and oxygen atoms in total. The average Bonchev–Trinajstić information content (AvgIpc) is 3.22. The van der Waals surface area contributed by atoms with Crippen molar-refractivity contribution >= 4 is 16.3 Å². The smallest absolute Gasteiger partial charge is 0.394 e. The Labute approximate surface area is 365 Å². The normalized spacial score (nSPS) is 20.9. The number of nitrogens with one attached hydrogen (secondary N) is 1. The molecule has 0 bridgehead atoms. The Bertz CT molecular complexity index is 1170. The van der Waals surface area contributed by atoms with E-state index in [9.17, 15) is 33.6 Å². The van der Waals surface area contributed by atoms with Crippen molar-refractivity contribution in [1.82, 2.24) is 5.32 Å². The molecule has 13 heteroatoms. The van der Waals surface area contributed by atoms with E-state index in [0.29, 0.717) is 6.42 Å². The van der Waals surface area contributed by atoms with Gasteiger partial charge in [-0.3, -0.25) is 9.35 Å². The topological polar surface area (TPSA) is 192 Å². The van der Waals surface area contributed by atoms with Crippen LogP contribution in [0.2, 0.25) is 0 Å². The molecular weight excluding hydrogens is 787 g/mol. The van der Waals surface area contributed by atoms with E-state index in [1.54, 1.807) is 6.08 Å². The molecule has 0 aliphatic carbocycles. The van der Waals surface area contributed by atoms with Crippen molar-refractivity contribution in [3.63, 3.8) is 0 Å². The van der Waals surface area contributed by atoms with Gasteiger partial charge in [0.05, 0.1) is 25.4 Å². The van der Waals surface area contributed by atoms with Crippen molar-refractivity contribution in [2.24, 2.45) is 0 Å². The van der Waals surface area contributed by atoms with Gasteiger partial charge in [0.25, 0.3) is 0 Å². The third kappa shape index (κ3) is 30.6. The summed E-state index contributed by atoms with van der Waals surface area (Å²) in [6.07, 6.45) is 35.3. The molecule has 1 fully saturated rings. The summed E-state index contributed by atoms with van der Waals surface area (Å²) in [4.78, 5) is 13.0. The fourth-order valence-corrected chi connectivity index (χ4v) is 8.19. The van der Waals surface area contributed by atoms with Gasteiger partial charge in [-0.1, -0.05) is 186 Å². The van der Waals surface area contributed by atoms with Crippen LogP contribution in [-0.4, -0.2) is 95.4 Å². The predicted molar refractivity (Wildman–Crippen MR) is 241 cm³/mol. The molecule has 60 heavy (non-hydrogen) atoms. The highest BCUT2D eigenvalue weighted by Crippen LogP contribution is 2.26. The molecule has 7 atom stereocenters. The molecule has 6 N–H and O–H groups in total. The summed E-state index contributed by atoms with van der Waals surface area (Å²) >= 11 is 0. The Hall–Kier alpha value is -1.42. The average molecular weight is 876 g/mol. The van der Waals surface area contributed by atoms with Crippen LogP contribution >= 0.6 is 0 Å². The van der Waals surface area contributed by atoms with Gasteiger partial charge in [0.2, 0.25) is 5.91 Å². The van der Waals surface area contributed by atoms with Crippen LogP contribution in [0.15, 0.2) is 24.3 Å². The molecule has 1 rings (SSSR count). The summed E-state index contributed by atoms with van der Waals surface area (Å²) in [6.45, 7) is 3.35. The maximum absolute atomic E-state index is 13.0. The van der Waals surface area contributed by atoms with E-state index in [-0.39, 0.29) is 18.9 Å². The van der Waals surface area contributed by atoms with Gasteiger partial charge in [0.1, 0.15) is 24.4 Å². The Kier molecular flexibility index (Phi) is 35.9. The van der Waals surface area contributed by atoms with E-state index in [1.807, 2.05) is 6.08 Å². The number of allylic oxidation sites excluding steroid dienone is 3. The summed E-state index contributed by atoms with van der Waals surface area (Å²) in [5, 5.41) is 44.6. The van der Waals surface area contributed by atoms with Crippen LogP contribution in [0.1, 0.15) is 213 Å². The largest absolute Gasteiger partial charge is 0.397 e. The highest BCUT2D eigenvalue weighted by atomic mass is 32.3. The standard InChI is InChI=1S/C47H89NO11S/c1-3-5-7-9-11-13-14-15-16-17-18-19-20-21-22-23-24-25-26-27-29-31-33-35-37-43(51)48-40(41(50)36-34-32-30-28-12-10-8-6-4-2)39-57-47-45(53)46(59-60(54,55)56)44(52)42(38-49)58-47/h21-22,34,36,40-42,44-47,49-50,52-53H,3-20,23-33,35,37-39H2,1-2H3,(H,48,51)(H,54,55,56)/b22-21-,36-34+. The zero-order valence-corrected chi connectivity index (χ0v) is 38.6. The minimum Gasteiger partial charge on any atom is -0.394 e. The maximum Gasteiger partial charge on any atom is 0.397 e. The summed E-state index contributed by atoms with van der Waals surface area (Å²) in [7, 11) is -5.08. The molecule has 0 aromatic heterocycles. The minimum atomic E-state index is -5.08. The van der Waals surface area contributed by atoms with E-state index >= 15 is 0 Å². The van der Waals surface area contributed by atoms with Crippen LogP contribution in [0.4, 0.5) is 0 Å². The number of carbonyl (C=O) groups excluding carboxylic acids is 1. The fraction of sp³-hybridized carbons (Fsp3) is 0.894. The molecular formula is C47H89NO11S. The molecule has 0 saturated carbocycles. The Balaban J connectivity index is 2.36. The summed E-state index contributed by atoms with van der Waals surface area (Å²) in [5.74, 6) is -0.267. The van der Waals surface area contributed by atoms with Crippen molar-refractivity contribution < 1.29 is 51.8 Å². The van der Waals surface area contributed by atoms with Crippen molar-refractivity contribution in [3.8, 4) is 0 Å². The molecule has 7 unspecified atom stereocenters. The van der Waals surface area contributed by atoms with Crippen LogP contribution in [0, 0.1) is 0 Å². The molecule has 0 aromatic rings. The van der Waals surface area contributed by atoms with Gasteiger partial charge in [-0.15, -0.1) is 0 Å². The predicted octanol–water partition coefficient (Wildman–Crippen LogP) is 9.72. The van der Waals surface area contributed by atoms with Crippen LogP contribution in [0.25, 0.3) is 0 Å². The molecule has 0 radical (unpaired) electrons. The Morgan fingerprint density at radius 2 is 1.07 bits per heavy atom. The lowest BCUT2D eigenvalue weighted by atomic mass is 9.99. The van der Waals surface area contributed by atoms with E-state index < -0.39 is 59.9 Å². The van der Waals surface area contributed by atoms with Gasteiger partial charge in [-0.05, 0) is 44.9 Å². The molecule has 1 amide bonds. The van der Waals surface area contributed by atoms with Gasteiger partial charge in [-0.2, -0.15) is 8.42 Å². The van der Waals surface area contributed by atoms with Gasteiger partial charge < -0.3 is 35.2 Å². The zero-order valence-electron chi connectivity index (χ0n) is 37.8. The first-order chi connectivity index (χ1) is 29.0. The van der Waals surface area contributed by atoms with Gasteiger partial charge in [-0.25, -0.2) is 4.18 Å². The number of ether oxygens (including phenoxy) is 2. The Morgan fingerprint density at radius 3 is 1.50 bits per heavy atom. The first-order valence-electron chi connectivity index (χ1n) is 24.2. The van der Waals surface area contributed by atoms with Crippen LogP contribution in [-0.2, 0) is 28.9 Å². The lowest BCUT2D eigenvalue weighted by molar-refractivity contribution is -0.298. The van der Waals surface area contributed by atoms with E-state index in [4.69, 9.17) is 14.0 Å². The van der Waals surface area contributed by atoms with Crippen LogP contribution in [0.5, 0.6) is 0 Å². The second-order valence-electron chi connectivity index (χ2n) is 17.0. The molecule has 354 valence electrons. The third-order valence-corrected chi connectivity index (χ3v) is 11.9. The number of carbonyl (C=O) groups is 1. The maximum atomic E-state index is 13.0.